The van der Waals surface area contributed by atoms with Crippen LogP contribution in [0.15, 0.2) is 27.0 Å². The number of oxazole rings is 1. The molecule has 19 heavy (non-hydrogen) atoms. The van der Waals surface area contributed by atoms with Gasteiger partial charge in [0.1, 0.15) is 4.21 Å². The van der Waals surface area contributed by atoms with Crippen LogP contribution in [0.1, 0.15) is 37.5 Å². The third kappa shape index (κ3) is 2.70. The van der Waals surface area contributed by atoms with Gasteiger partial charge < -0.3 is 4.42 Å². The maximum atomic E-state index is 11.2. The van der Waals surface area contributed by atoms with Crippen molar-refractivity contribution in [3.8, 4) is 10.6 Å². The fourth-order valence-corrected chi connectivity index (χ4v) is 4.37. The fraction of sp³-hybridized carbons (Fsp3) is 0.417. The van der Waals surface area contributed by atoms with Crippen LogP contribution < -0.4 is 0 Å². The summed E-state index contributed by atoms with van der Waals surface area (Å²) in [5.41, 5.74) is 0. The van der Waals surface area contributed by atoms with E-state index in [1.807, 2.05) is 0 Å². The lowest BCUT2D eigenvalue weighted by atomic mass is 10.1. The highest BCUT2D eigenvalue weighted by molar-refractivity contribution is 8.15. The van der Waals surface area contributed by atoms with E-state index in [-0.39, 0.29) is 4.21 Å². The lowest BCUT2D eigenvalue weighted by molar-refractivity contribution is 0.458. The Kier molecular flexibility index (Phi) is 3.41. The third-order valence-electron chi connectivity index (χ3n) is 3.29. The van der Waals surface area contributed by atoms with Gasteiger partial charge in [0.25, 0.3) is 9.05 Å². The van der Waals surface area contributed by atoms with Crippen LogP contribution in [0.4, 0.5) is 0 Å². The Labute approximate surface area is 119 Å². The minimum absolute atomic E-state index is 0.128. The summed E-state index contributed by atoms with van der Waals surface area (Å²) in [4.78, 5) is 5.04. The molecule has 0 atom stereocenters. The molecule has 2 heterocycles. The Morgan fingerprint density at radius 2 is 2.05 bits per heavy atom. The summed E-state index contributed by atoms with van der Waals surface area (Å²) in [7, 11) is 1.63. The smallest absolute Gasteiger partial charge is 0.270 e. The summed E-state index contributed by atoms with van der Waals surface area (Å²) in [6, 6.07) is 3.18. The molecule has 2 aromatic rings. The second-order valence-electron chi connectivity index (χ2n) is 4.60. The molecule has 0 aromatic carbocycles. The molecule has 0 aliphatic heterocycles. The molecule has 0 N–H and O–H groups in total. The number of hydrogen-bond donors (Lipinski definition) is 0. The van der Waals surface area contributed by atoms with E-state index in [0.29, 0.717) is 11.7 Å². The number of aromatic nitrogens is 1. The molecule has 1 aliphatic rings. The van der Waals surface area contributed by atoms with Crippen LogP contribution in [0.3, 0.4) is 0 Å². The monoisotopic (exact) mass is 317 g/mol. The first kappa shape index (κ1) is 13.1. The van der Waals surface area contributed by atoms with Gasteiger partial charge in [-0.25, -0.2) is 13.4 Å². The van der Waals surface area contributed by atoms with Crippen LogP contribution in [-0.4, -0.2) is 13.4 Å². The number of hydrogen-bond acceptors (Lipinski definition) is 5. The van der Waals surface area contributed by atoms with E-state index in [0.717, 1.165) is 34.9 Å². The van der Waals surface area contributed by atoms with Gasteiger partial charge in [-0.3, -0.25) is 0 Å². The average Bonchev–Trinajstić information content (AvgIpc) is 3.10. The van der Waals surface area contributed by atoms with Crippen molar-refractivity contribution in [1.82, 2.24) is 4.98 Å². The van der Waals surface area contributed by atoms with Crippen molar-refractivity contribution in [2.45, 2.75) is 35.8 Å². The molecule has 1 saturated carbocycles. The molecule has 0 spiro atoms. The molecule has 3 rings (SSSR count). The van der Waals surface area contributed by atoms with Gasteiger partial charge in [-0.15, -0.1) is 11.3 Å². The molecule has 2 aromatic heterocycles. The van der Waals surface area contributed by atoms with E-state index in [1.54, 1.807) is 12.3 Å². The Morgan fingerprint density at radius 1 is 1.32 bits per heavy atom. The van der Waals surface area contributed by atoms with Gasteiger partial charge in [-0.2, -0.15) is 0 Å². The molecular formula is C12H12ClNO3S2. The number of rotatable bonds is 3. The lowest BCUT2D eigenvalue weighted by Gasteiger charge is -2.01. The fourth-order valence-electron chi connectivity index (χ4n) is 2.35. The molecule has 0 saturated heterocycles. The number of thiophene rings is 1. The van der Waals surface area contributed by atoms with E-state index < -0.39 is 9.05 Å². The van der Waals surface area contributed by atoms with Gasteiger partial charge in [0.15, 0.2) is 11.7 Å². The topological polar surface area (TPSA) is 60.2 Å². The summed E-state index contributed by atoms with van der Waals surface area (Å²) in [5, 5.41) is 0. The Hall–Kier alpha value is -0.850. The zero-order valence-electron chi connectivity index (χ0n) is 10.0. The Morgan fingerprint density at radius 3 is 2.68 bits per heavy atom. The van der Waals surface area contributed by atoms with Gasteiger partial charge in [-0.1, -0.05) is 12.8 Å². The predicted octanol–water partition coefficient (Wildman–Crippen LogP) is 3.99. The van der Waals surface area contributed by atoms with Crippen LogP contribution in [0.25, 0.3) is 10.6 Å². The highest BCUT2D eigenvalue weighted by atomic mass is 35.7. The molecule has 0 unspecified atom stereocenters. The number of nitrogens with zero attached hydrogens (tertiary/aromatic N) is 1. The molecule has 1 aliphatic carbocycles. The van der Waals surface area contributed by atoms with Crippen LogP contribution in [-0.2, 0) is 9.05 Å². The van der Waals surface area contributed by atoms with Gasteiger partial charge in [0, 0.05) is 16.6 Å². The molecule has 0 bridgehead atoms. The van der Waals surface area contributed by atoms with E-state index in [4.69, 9.17) is 15.1 Å². The highest BCUT2D eigenvalue weighted by Crippen LogP contribution is 2.37. The van der Waals surface area contributed by atoms with Gasteiger partial charge in [0.05, 0.1) is 11.1 Å². The van der Waals surface area contributed by atoms with Crippen molar-refractivity contribution in [2.75, 3.05) is 0 Å². The Balaban J connectivity index is 1.88. The molecule has 0 radical (unpaired) electrons. The van der Waals surface area contributed by atoms with Crippen molar-refractivity contribution >= 4 is 31.1 Å². The highest BCUT2D eigenvalue weighted by Gasteiger charge is 2.23. The SMILES string of the molecule is O=S(=O)(Cl)c1ccc(-c2cnc(C3CCCC3)o2)s1. The first-order chi connectivity index (χ1) is 9.04. The van der Waals surface area contributed by atoms with E-state index >= 15 is 0 Å². The molecule has 0 amide bonds. The van der Waals surface area contributed by atoms with Crippen molar-refractivity contribution in [2.24, 2.45) is 0 Å². The van der Waals surface area contributed by atoms with E-state index in [9.17, 15) is 8.42 Å². The number of halogens is 1. The van der Waals surface area contributed by atoms with Crippen LogP contribution in [0.2, 0.25) is 0 Å². The molecular weight excluding hydrogens is 306 g/mol. The van der Waals surface area contributed by atoms with Crippen molar-refractivity contribution < 1.29 is 12.8 Å². The Bertz CT molecular complexity index is 683. The quantitative estimate of drug-likeness (QED) is 0.803. The van der Waals surface area contributed by atoms with E-state index in [2.05, 4.69) is 4.98 Å². The lowest BCUT2D eigenvalue weighted by Crippen LogP contribution is -1.90. The van der Waals surface area contributed by atoms with Crippen LogP contribution in [0, 0.1) is 0 Å². The first-order valence-corrected chi connectivity index (χ1v) is 9.17. The molecule has 4 nitrogen and oxygen atoms in total. The van der Waals surface area contributed by atoms with Gasteiger partial charge >= 0.3 is 0 Å². The van der Waals surface area contributed by atoms with E-state index in [1.165, 1.54) is 18.9 Å². The minimum atomic E-state index is -3.67. The summed E-state index contributed by atoms with van der Waals surface area (Å²) in [6.07, 6.45) is 6.33. The molecule has 7 heteroatoms. The summed E-state index contributed by atoms with van der Waals surface area (Å²) in [6.45, 7) is 0. The second kappa shape index (κ2) is 4.92. The van der Waals surface area contributed by atoms with Crippen molar-refractivity contribution in [1.29, 1.82) is 0 Å². The summed E-state index contributed by atoms with van der Waals surface area (Å²) in [5.74, 6) is 1.78. The van der Waals surface area contributed by atoms with Gasteiger partial charge in [-0.05, 0) is 25.0 Å². The van der Waals surface area contributed by atoms with Gasteiger partial charge in [0.2, 0.25) is 0 Å². The predicted molar refractivity (Wildman–Crippen MR) is 74.1 cm³/mol. The maximum Gasteiger partial charge on any atom is 0.270 e. The standard InChI is InChI=1S/C12H12ClNO3S2/c13-19(15,16)11-6-5-10(18-11)9-7-14-12(17-9)8-3-1-2-4-8/h5-8H,1-4H2. The van der Waals surface area contributed by atoms with Crippen LogP contribution in [0.5, 0.6) is 0 Å². The zero-order chi connectivity index (χ0) is 13.5. The third-order valence-corrected chi connectivity index (χ3v) is 6.49. The zero-order valence-corrected chi connectivity index (χ0v) is 12.4. The maximum absolute atomic E-state index is 11.2. The van der Waals surface area contributed by atoms with Crippen molar-refractivity contribution in [3.63, 3.8) is 0 Å². The summed E-state index contributed by atoms with van der Waals surface area (Å²) >= 11 is 1.10. The van der Waals surface area contributed by atoms with Crippen LogP contribution >= 0.6 is 22.0 Å². The first-order valence-electron chi connectivity index (χ1n) is 6.04. The molecule has 1 fully saturated rings. The normalized spacial score (nSPS) is 17.1. The molecule has 102 valence electrons. The summed E-state index contributed by atoms with van der Waals surface area (Å²) < 4.78 is 28.3. The minimum Gasteiger partial charge on any atom is -0.440 e. The second-order valence-corrected chi connectivity index (χ2v) is 8.48. The van der Waals surface area contributed by atoms with Crippen molar-refractivity contribution in [3.05, 3.63) is 24.2 Å². The largest absolute Gasteiger partial charge is 0.440 e. The average molecular weight is 318 g/mol.